The molecule has 1 saturated carbocycles. The lowest BCUT2D eigenvalue weighted by Crippen LogP contribution is -2.56. The predicted octanol–water partition coefficient (Wildman–Crippen LogP) is 4.81. The Hall–Kier alpha value is -3.31. The number of carbonyl (C=O) groups is 3. The van der Waals surface area contributed by atoms with E-state index in [1.165, 1.54) is 6.07 Å². The normalized spacial score (nSPS) is 17.3. The van der Waals surface area contributed by atoms with Crippen molar-refractivity contribution in [2.75, 3.05) is 19.3 Å². The molecule has 0 aliphatic heterocycles. The maximum absolute atomic E-state index is 13.2. The van der Waals surface area contributed by atoms with E-state index in [0.29, 0.717) is 24.0 Å². The summed E-state index contributed by atoms with van der Waals surface area (Å²) in [5.41, 5.74) is 2.81. The van der Waals surface area contributed by atoms with Crippen molar-refractivity contribution in [3.05, 3.63) is 77.4 Å². The number of hydrogen-bond acceptors (Lipinski definition) is 5. The molecule has 39 heavy (non-hydrogen) atoms. The van der Waals surface area contributed by atoms with E-state index in [-0.39, 0.29) is 30.1 Å². The molecule has 2 aromatic carbocycles. The lowest BCUT2D eigenvalue weighted by Gasteiger charge is -2.33. The topological polar surface area (TPSA) is 90.5 Å². The van der Waals surface area contributed by atoms with Gasteiger partial charge in [-0.05, 0) is 68.5 Å². The minimum absolute atomic E-state index is 0.148. The van der Waals surface area contributed by atoms with Crippen molar-refractivity contribution in [1.82, 2.24) is 21.1 Å². The summed E-state index contributed by atoms with van der Waals surface area (Å²) in [6.45, 7) is 5.18. The average Bonchev–Trinajstić information content (AvgIpc) is 2.91. The molecule has 7 nitrogen and oxygen atoms in total. The number of rotatable bonds is 10. The lowest BCUT2D eigenvalue weighted by molar-refractivity contribution is -0.137. The highest BCUT2D eigenvalue weighted by Crippen LogP contribution is 2.29. The number of halogens is 3. The Kier molecular flexibility index (Phi) is 10.6. The maximum atomic E-state index is 13.2. The molecule has 3 N–H and O–H groups in total. The van der Waals surface area contributed by atoms with Crippen LogP contribution in [-0.2, 0) is 11.0 Å². The Labute approximate surface area is 230 Å². The number of thioether (sulfide) groups is 1. The second-order valence-corrected chi connectivity index (χ2v) is 10.4. The Bertz CT molecular complexity index is 1190. The average molecular weight is 563 g/mol. The molecule has 210 valence electrons. The Morgan fingerprint density at radius 3 is 2.23 bits per heavy atom. The molecule has 1 aliphatic carbocycles. The molecule has 0 saturated heterocycles. The van der Waals surface area contributed by atoms with E-state index in [4.69, 9.17) is 0 Å². The molecule has 2 atom stereocenters. The van der Waals surface area contributed by atoms with Crippen molar-refractivity contribution in [3.63, 3.8) is 0 Å². The summed E-state index contributed by atoms with van der Waals surface area (Å²) in [7, 11) is 0. The van der Waals surface area contributed by atoms with Crippen LogP contribution in [0.4, 0.5) is 13.2 Å². The van der Waals surface area contributed by atoms with Gasteiger partial charge >= 0.3 is 6.18 Å². The van der Waals surface area contributed by atoms with Crippen molar-refractivity contribution in [1.29, 1.82) is 0 Å². The first kappa shape index (κ1) is 30.2. The smallest absolute Gasteiger partial charge is 0.350 e. The molecular formula is C28H33F3N4O3S. The second kappa shape index (κ2) is 13.7. The molecule has 0 heterocycles. The quantitative estimate of drug-likeness (QED) is 0.220. The number of carbonyl (C=O) groups excluding carboxylic acids is 3. The standard InChI is InChI=1S/C28H33F3N4O3S/c1-18(2)16-32-35(27(38)20-7-6-8-21(15-20)28(29,30)31)17-25(36)33-23-9-4-5-10-24(23)34-26(37)19-11-13-22(39-3)14-12-19/h6-8,11-15,23-24,32H,1,4-5,9-10,16-17H2,2-3H3,(H,33,36)(H,34,37)/t23-,24+/m1/s1. The van der Waals surface area contributed by atoms with E-state index in [1.807, 2.05) is 18.4 Å². The van der Waals surface area contributed by atoms with E-state index in [9.17, 15) is 27.6 Å². The largest absolute Gasteiger partial charge is 0.416 e. The predicted molar refractivity (Wildman–Crippen MR) is 145 cm³/mol. The van der Waals surface area contributed by atoms with Gasteiger partial charge in [0.1, 0.15) is 6.54 Å². The molecule has 1 aliphatic rings. The molecule has 2 aromatic rings. The van der Waals surface area contributed by atoms with Crippen molar-refractivity contribution in [2.45, 2.75) is 55.8 Å². The van der Waals surface area contributed by atoms with E-state index < -0.39 is 30.1 Å². The number of hydrogen-bond donors (Lipinski definition) is 3. The minimum Gasteiger partial charge on any atom is -0.350 e. The van der Waals surface area contributed by atoms with Crippen LogP contribution < -0.4 is 16.1 Å². The van der Waals surface area contributed by atoms with Gasteiger partial charge in [-0.2, -0.15) is 13.2 Å². The van der Waals surface area contributed by atoms with Crippen LogP contribution in [0, 0.1) is 0 Å². The van der Waals surface area contributed by atoms with E-state index >= 15 is 0 Å². The molecule has 0 bridgehead atoms. The van der Waals surface area contributed by atoms with Crippen LogP contribution in [0.3, 0.4) is 0 Å². The van der Waals surface area contributed by atoms with Gasteiger partial charge in [-0.25, -0.2) is 5.43 Å². The van der Waals surface area contributed by atoms with E-state index in [1.54, 1.807) is 30.8 Å². The summed E-state index contributed by atoms with van der Waals surface area (Å²) in [5.74, 6) is -1.52. The molecule has 0 spiro atoms. The van der Waals surface area contributed by atoms with Crippen molar-refractivity contribution < 1.29 is 27.6 Å². The molecule has 3 amide bonds. The molecule has 0 aromatic heterocycles. The van der Waals surface area contributed by atoms with Gasteiger partial charge in [0.25, 0.3) is 11.8 Å². The van der Waals surface area contributed by atoms with Gasteiger partial charge in [0.15, 0.2) is 0 Å². The highest BCUT2D eigenvalue weighted by Gasteiger charge is 2.32. The number of alkyl halides is 3. The third-order valence-corrected chi connectivity index (χ3v) is 7.08. The third-order valence-electron chi connectivity index (χ3n) is 6.34. The van der Waals surface area contributed by atoms with Crippen LogP contribution in [0.1, 0.15) is 58.9 Å². The van der Waals surface area contributed by atoms with Gasteiger partial charge in [0, 0.05) is 34.7 Å². The first-order valence-electron chi connectivity index (χ1n) is 12.6. The van der Waals surface area contributed by atoms with Gasteiger partial charge in [-0.15, -0.1) is 11.8 Å². The molecule has 0 unspecified atom stereocenters. The zero-order valence-electron chi connectivity index (χ0n) is 21.9. The summed E-state index contributed by atoms with van der Waals surface area (Å²) in [6.07, 6.45) is 0.417. The van der Waals surface area contributed by atoms with Gasteiger partial charge < -0.3 is 10.6 Å². The van der Waals surface area contributed by atoms with E-state index in [2.05, 4.69) is 22.6 Å². The third kappa shape index (κ3) is 8.86. The first-order chi connectivity index (χ1) is 18.5. The Morgan fingerprint density at radius 1 is 1.00 bits per heavy atom. The summed E-state index contributed by atoms with van der Waals surface area (Å²) in [6, 6.07) is 10.6. The number of hydrazine groups is 1. The first-order valence-corrected chi connectivity index (χ1v) is 13.8. The highest BCUT2D eigenvalue weighted by atomic mass is 32.2. The summed E-state index contributed by atoms with van der Waals surface area (Å²) in [5, 5.41) is 6.92. The Morgan fingerprint density at radius 2 is 1.64 bits per heavy atom. The number of nitrogens with zero attached hydrogens (tertiary/aromatic N) is 1. The fourth-order valence-corrected chi connectivity index (χ4v) is 4.69. The zero-order chi connectivity index (χ0) is 28.6. The SMILES string of the molecule is C=C(C)CNN(CC(=O)N[C@@H]1CCCC[C@@H]1NC(=O)c1ccc(SC)cc1)C(=O)c1cccc(C(F)(F)F)c1. The van der Waals surface area contributed by atoms with Crippen molar-refractivity contribution >= 4 is 29.5 Å². The lowest BCUT2D eigenvalue weighted by atomic mass is 9.90. The van der Waals surface area contributed by atoms with Crippen LogP contribution >= 0.6 is 11.8 Å². The molecule has 11 heteroatoms. The van der Waals surface area contributed by atoms with Gasteiger partial charge in [0.05, 0.1) is 5.56 Å². The van der Waals surface area contributed by atoms with Gasteiger partial charge in [-0.1, -0.05) is 31.1 Å². The van der Waals surface area contributed by atoms with Crippen molar-refractivity contribution in [3.8, 4) is 0 Å². The van der Waals surface area contributed by atoms with Crippen molar-refractivity contribution in [2.24, 2.45) is 0 Å². The molecule has 3 rings (SSSR count). The van der Waals surface area contributed by atoms with Crippen LogP contribution in [0.15, 0.2) is 65.6 Å². The molecular weight excluding hydrogens is 529 g/mol. The summed E-state index contributed by atoms with van der Waals surface area (Å²) in [4.78, 5) is 40.0. The zero-order valence-corrected chi connectivity index (χ0v) is 22.8. The summed E-state index contributed by atoms with van der Waals surface area (Å²) >= 11 is 1.58. The maximum Gasteiger partial charge on any atom is 0.416 e. The fourth-order valence-electron chi connectivity index (χ4n) is 4.28. The fraction of sp³-hybridized carbons (Fsp3) is 0.393. The van der Waals surface area contributed by atoms with Crippen LogP contribution in [0.2, 0.25) is 0 Å². The van der Waals surface area contributed by atoms with Crippen LogP contribution in [-0.4, -0.2) is 54.2 Å². The summed E-state index contributed by atoms with van der Waals surface area (Å²) < 4.78 is 39.5. The number of benzene rings is 2. The number of nitrogens with one attached hydrogen (secondary N) is 3. The molecule has 1 fully saturated rings. The minimum atomic E-state index is -4.61. The van der Waals surface area contributed by atoms with Crippen LogP contribution in [0.25, 0.3) is 0 Å². The number of amides is 3. The Balaban J connectivity index is 1.69. The van der Waals surface area contributed by atoms with Gasteiger partial charge in [0.2, 0.25) is 5.91 Å². The monoisotopic (exact) mass is 562 g/mol. The van der Waals surface area contributed by atoms with Gasteiger partial charge in [-0.3, -0.25) is 19.4 Å². The highest BCUT2D eigenvalue weighted by molar-refractivity contribution is 7.98. The second-order valence-electron chi connectivity index (χ2n) is 9.53. The van der Waals surface area contributed by atoms with Crippen LogP contribution in [0.5, 0.6) is 0 Å². The molecule has 0 radical (unpaired) electrons. The van der Waals surface area contributed by atoms with E-state index in [0.717, 1.165) is 40.9 Å².